The molecule has 0 saturated heterocycles. The van der Waals surface area contributed by atoms with Crippen molar-refractivity contribution in [1.82, 2.24) is 5.32 Å². The third-order valence-corrected chi connectivity index (χ3v) is 2.71. The molecule has 80 valence electrons. The molecule has 1 rings (SSSR count). The zero-order valence-electron chi connectivity index (χ0n) is 8.66. The molecule has 0 spiro atoms. The number of nitrogens with one attached hydrogen (secondary N) is 1. The smallest absolute Gasteiger partial charge is 0.225 e. The highest BCUT2D eigenvalue weighted by atomic mass is 79.9. The summed E-state index contributed by atoms with van der Waals surface area (Å²) in [4.78, 5) is 11.4. The minimum atomic E-state index is 0.0313. The molecular formula is C12H14BrNO. The molecule has 0 aliphatic rings. The molecule has 0 unspecified atom stereocenters. The van der Waals surface area contributed by atoms with Crippen LogP contribution >= 0.6 is 15.9 Å². The number of halogens is 1. The van der Waals surface area contributed by atoms with Gasteiger partial charge in [0.25, 0.3) is 0 Å². The number of amides is 1. The lowest BCUT2D eigenvalue weighted by Crippen LogP contribution is -2.22. The minimum absolute atomic E-state index is 0.0313. The van der Waals surface area contributed by atoms with Crippen LogP contribution in [0.25, 0.3) is 0 Å². The first-order valence-corrected chi connectivity index (χ1v) is 5.63. The Bertz CT molecular complexity index is 346. The summed E-state index contributed by atoms with van der Waals surface area (Å²) in [6, 6.07) is 9.87. The molecule has 3 heteroatoms. The van der Waals surface area contributed by atoms with Gasteiger partial charge in [-0.25, -0.2) is 0 Å². The Balaban J connectivity index is 2.35. The van der Waals surface area contributed by atoms with E-state index in [4.69, 9.17) is 0 Å². The van der Waals surface area contributed by atoms with Crippen molar-refractivity contribution in [1.29, 1.82) is 0 Å². The van der Waals surface area contributed by atoms with Crippen LogP contribution in [0.1, 0.15) is 18.9 Å². The second-order valence-corrected chi connectivity index (χ2v) is 4.19. The second kappa shape index (κ2) is 6.40. The lowest BCUT2D eigenvalue weighted by molar-refractivity contribution is -0.120. The third kappa shape index (κ3) is 4.79. The molecule has 0 heterocycles. The molecule has 1 aromatic rings. The van der Waals surface area contributed by atoms with Gasteiger partial charge in [-0.05, 0) is 12.5 Å². The van der Waals surface area contributed by atoms with Crippen molar-refractivity contribution in [3.63, 3.8) is 0 Å². The van der Waals surface area contributed by atoms with Crippen molar-refractivity contribution in [2.24, 2.45) is 0 Å². The zero-order valence-corrected chi connectivity index (χ0v) is 10.3. The average molecular weight is 268 g/mol. The van der Waals surface area contributed by atoms with E-state index in [9.17, 15) is 4.79 Å². The van der Waals surface area contributed by atoms with Crippen molar-refractivity contribution in [3.8, 4) is 0 Å². The maximum atomic E-state index is 11.4. The van der Waals surface area contributed by atoms with Crippen molar-refractivity contribution in [2.45, 2.75) is 19.9 Å². The van der Waals surface area contributed by atoms with Crippen LogP contribution in [0.15, 0.2) is 40.9 Å². The van der Waals surface area contributed by atoms with Gasteiger partial charge in [-0.1, -0.05) is 52.3 Å². The second-order valence-electron chi connectivity index (χ2n) is 3.17. The van der Waals surface area contributed by atoms with Gasteiger partial charge < -0.3 is 5.32 Å². The quantitative estimate of drug-likeness (QED) is 0.893. The summed E-state index contributed by atoms with van der Waals surface area (Å²) >= 11 is 3.30. The van der Waals surface area contributed by atoms with Gasteiger partial charge in [0.15, 0.2) is 0 Å². The Hall–Kier alpha value is -1.09. The monoisotopic (exact) mass is 267 g/mol. The normalized spacial score (nSPS) is 11.2. The molecule has 2 nitrogen and oxygen atoms in total. The van der Waals surface area contributed by atoms with Gasteiger partial charge in [-0.2, -0.15) is 0 Å². The molecular weight excluding hydrogens is 254 g/mol. The zero-order chi connectivity index (χ0) is 11.1. The van der Waals surface area contributed by atoms with Crippen LogP contribution in [0.5, 0.6) is 0 Å². The number of hydrogen-bond acceptors (Lipinski definition) is 1. The van der Waals surface area contributed by atoms with E-state index >= 15 is 0 Å². The summed E-state index contributed by atoms with van der Waals surface area (Å²) in [5.41, 5.74) is 1.11. The number of carbonyl (C=O) groups is 1. The number of rotatable bonds is 4. The van der Waals surface area contributed by atoms with Crippen molar-refractivity contribution < 1.29 is 4.79 Å². The molecule has 0 bridgehead atoms. The van der Waals surface area contributed by atoms with E-state index in [0.717, 1.165) is 10.0 Å². The Kier molecular flexibility index (Phi) is 5.12. The maximum Gasteiger partial charge on any atom is 0.225 e. The third-order valence-electron chi connectivity index (χ3n) is 1.98. The molecule has 0 aliphatic heterocycles. The summed E-state index contributed by atoms with van der Waals surface area (Å²) < 4.78 is 0.910. The highest BCUT2D eigenvalue weighted by molar-refractivity contribution is 9.11. The van der Waals surface area contributed by atoms with E-state index in [1.165, 1.54) is 0 Å². The van der Waals surface area contributed by atoms with Crippen LogP contribution < -0.4 is 5.32 Å². The average Bonchev–Trinajstić information content (AvgIpc) is 2.27. The van der Waals surface area contributed by atoms with Gasteiger partial charge in [-0.15, -0.1) is 0 Å². The molecule has 0 fully saturated rings. The summed E-state index contributed by atoms with van der Waals surface area (Å²) in [6.07, 6.45) is 2.28. The first-order valence-electron chi connectivity index (χ1n) is 4.83. The fourth-order valence-corrected chi connectivity index (χ4v) is 1.37. The summed E-state index contributed by atoms with van der Waals surface area (Å²) in [7, 11) is 0. The molecule has 0 aliphatic carbocycles. The molecule has 0 aromatic heterocycles. The van der Waals surface area contributed by atoms with Gasteiger partial charge in [0.05, 0.1) is 6.42 Å². The standard InChI is InChI=1S/C12H14BrNO/c1-2-11(13)8-12(15)14-9-10-6-4-3-5-7-10/h2-7H,8-9H2,1H3,(H,14,15)/b11-2-. The first kappa shape index (κ1) is 12.0. The predicted octanol–water partition coefficient (Wildman–Crippen LogP) is 2.99. The largest absolute Gasteiger partial charge is 0.352 e. The van der Waals surface area contributed by atoms with E-state index in [1.54, 1.807) is 0 Å². The van der Waals surface area contributed by atoms with Crippen LogP contribution in [0.4, 0.5) is 0 Å². The van der Waals surface area contributed by atoms with E-state index < -0.39 is 0 Å². The Morgan fingerprint density at radius 1 is 1.40 bits per heavy atom. The van der Waals surface area contributed by atoms with E-state index in [-0.39, 0.29) is 5.91 Å². The lowest BCUT2D eigenvalue weighted by atomic mass is 10.2. The van der Waals surface area contributed by atoms with Gasteiger partial charge in [0.2, 0.25) is 5.91 Å². The number of benzene rings is 1. The first-order chi connectivity index (χ1) is 7.22. The van der Waals surface area contributed by atoms with Gasteiger partial charge >= 0.3 is 0 Å². The molecule has 0 atom stereocenters. The highest BCUT2D eigenvalue weighted by Gasteiger charge is 2.02. The molecule has 15 heavy (non-hydrogen) atoms. The van der Waals surface area contributed by atoms with Crippen LogP contribution in [-0.2, 0) is 11.3 Å². The predicted molar refractivity (Wildman–Crippen MR) is 65.6 cm³/mol. The minimum Gasteiger partial charge on any atom is -0.352 e. The fraction of sp³-hybridized carbons (Fsp3) is 0.250. The van der Waals surface area contributed by atoms with E-state index in [1.807, 2.05) is 43.3 Å². The maximum absolute atomic E-state index is 11.4. The summed E-state index contributed by atoms with van der Waals surface area (Å²) in [5, 5.41) is 2.85. The molecule has 1 N–H and O–H groups in total. The lowest BCUT2D eigenvalue weighted by Gasteiger charge is -2.04. The summed E-state index contributed by atoms with van der Waals surface area (Å²) in [6.45, 7) is 2.48. The van der Waals surface area contributed by atoms with Gasteiger partial charge in [0.1, 0.15) is 0 Å². The number of allylic oxidation sites excluding steroid dienone is 1. The van der Waals surface area contributed by atoms with Crippen LogP contribution in [0.3, 0.4) is 0 Å². The molecule has 1 amide bonds. The topological polar surface area (TPSA) is 29.1 Å². The van der Waals surface area contributed by atoms with Crippen LogP contribution in [-0.4, -0.2) is 5.91 Å². The molecule has 0 radical (unpaired) electrons. The summed E-state index contributed by atoms with van der Waals surface area (Å²) in [5.74, 6) is 0.0313. The van der Waals surface area contributed by atoms with E-state index in [0.29, 0.717) is 13.0 Å². The Morgan fingerprint density at radius 2 is 2.07 bits per heavy atom. The van der Waals surface area contributed by atoms with Crippen molar-refractivity contribution in [3.05, 3.63) is 46.5 Å². The van der Waals surface area contributed by atoms with Crippen molar-refractivity contribution in [2.75, 3.05) is 0 Å². The van der Waals surface area contributed by atoms with Gasteiger partial charge in [-0.3, -0.25) is 4.79 Å². The highest BCUT2D eigenvalue weighted by Crippen LogP contribution is 2.09. The van der Waals surface area contributed by atoms with Crippen molar-refractivity contribution >= 4 is 21.8 Å². The van der Waals surface area contributed by atoms with Gasteiger partial charge in [0, 0.05) is 11.0 Å². The fourth-order valence-electron chi connectivity index (χ4n) is 1.11. The SMILES string of the molecule is C/C=C(\Br)CC(=O)NCc1ccccc1. The molecule has 0 saturated carbocycles. The molecule has 1 aromatic carbocycles. The Labute approximate surface area is 98.5 Å². The van der Waals surface area contributed by atoms with E-state index in [2.05, 4.69) is 21.2 Å². The Morgan fingerprint density at radius 3 is 2.67 bits per heavy atom. The number of carbonyl (C=O) groups excluding carboxylic acids is 1. The number of hydrogen-bond donors (Lipinski definition) is 1. The van der Waals surface area contributed by atoms with Crippen LogP contribution in [0.2, 0.25) is 0 Å². The van der Waals surface area contributed by atoms with Crippen LogP contribution in [0, 0.1) is 0 Å².